The molecule has 0 aliphatic heterocycles. The van der Waals surface area contributed by atoms with Crippen molar-refractivity contribution in [1.29, 1.82) is 0 Å². The Kier molecular flexibility index (Phi) is 3.63. The van der Waals surface area contributed by atoms with Gasteiger partial charge in [0.2, 0.25) is 0 Å². The van der Waals surface area contributed by atoms with Crippen molar-refractivity contribution in [2.24, 2.45) is 0 Å². The van der Waals surface area contributed by atoms with Crippen LogP contribution in [0.25, 0.3) is 0 Å². The lowest BCUT2D eigenvalue weighted by molar-refractivity contribution is -0.136. The highest BCUT2D eigenvalue weighted by molar-refractivity contribution is 7.13. The van der Waals surface area contributed by atoms with E-state index in [1.54, 1.807) is 22.9 Å². The third kappa shape index (κ3) is 3.05. The number of nitrogens with one attached hydrogen (secondary N) is 1. The average Bonchev–Trinajstić information content (AvgIpc) is 2.87. The van der Waals surface area contributed by atoms with Gasteiger partial charge in [-0.15, -0.1) is 22.7 Å². The molecule has 2 N–H and O–H groups in total. The molecule has 0 aliphatic carbocycles. The number of hydrogen-bond donors (Lipinski definition) is 2. The number of carboxylic acid groups (broad SMARTS) is 1. The highest BCUT2D eigenvalue weighted by Gasteiger charge is 2.24. The van der Waals surface area contributed by atoms with Crippen molar-refractivity contribution >= 4 is 33.8 Å². The lowest BCUT2D eigenvalue weighted by Gasteiger charge is -2.23. The molecule has 0 radical (unpaired) electrons. The molecule has 0 unspecified atom stereocenters. The molecule has 0 fully saturated rings. The van der Waals surface area contributed by atoms with E-state index in [0.29, 0.717) is 10.8 Å². The van der Waals surface area contributed by atoms with Crippen LogP contribution in [0.3, 0.4) is 0 Å². The fraction of sp³-hybridized carbons (Fsp3) is 0.364. The standard InChI is InChI=1S/C11H13N3O2S2/c1-11(2,9-12-3-4-17-9)14-10-13-7(6-18-10)5-8(15)16/h3-4,6H,5H2,1-2H3,(H,13,14)(H,15,16). The fourth-order valence-corrected chi connectivity index (χ4v) is 3.04. The Bertz CT molecular complexity index is 534. The van der Waals surface area contributed by atoms with E-state index in [4.69, 9.17) is 5.11 Å². The summed E-state index contributed by atoms with van der Waals surface area (Å²) in [6.07, 6.45) is 1.72. The first-order chi connectivity index (χ1) is 8.47. The number of aliphatic carboxylic acids is 1. The molecule has 2 heterocycles. The van der Waals surface area contributed by atoms with Gasteiger partial charge in [0.1, 0.15) is 5.01 Å². The molecule has 0 aliphatic rings. The van der Waals surface area contributed by atoms with E-state index >= 15 is 0 Å². The van der Waals surface area contributed by atoms with Crippen LogP contribution in [-0.4, -0.2) is 21.0 Å². The Morgan fingerprint density at radius 2 is 2.28 bits per heavy atom. The maximum absolute atomic E-state index is 10.6. The molecule has 5 nitrogen and oxygen atoms in total. The minimum Gasteiger partial charge on any atom is -0.481 e. The smallest absolute Gasteiger partial charge is 0.309 e. The fourth-order valence-electron chi connectivity index (χ4n) is 1.45. The minimum atomic E-state index is -0.869. The summed E-state index contributed by atoms with van der Waals surface area (Å²) in [5, 5.41) is 17.3. The summed E-state index contributed by atoms with van der Waals surface area (Å²) in [4.78, 5) is 19.1. The quantitative estimate of drug-likeness (QED) is 0.882. The minimum absolute atomic E-state index is 0.0458. The van der Waals surface area contributed by atoms with Crippen molar-refractivity contribution in [3.63, 3.8) is 0 Å². The molecule has 0 spiro atoms. The molecule has 2 aromatic rings. The molecule has 0 saturated heterocycles. The largest absolute Gasteiger partial charge is 0.481 e. The summed E-state index contributed by atoms with van der Waals surface area (Å²) in [5.41, 5.74) is 0.261. The Morgan fingerprint density at radius 3 is 2.89 bits per heavy atom. The van der Waals surface area contributed by atoms with Crippen LogP contribution < -0.4 is 5.32 Å². The molecule has 0 aromatic carbocycles. The van der Waals surface area contributed by atoms with Gasteiger partial charge >= 0.3 is 5.97 Å². The van der Waals surface area contributed by atoms with Gasteiger partial charge in [0.25, 0.3) is 0 Å². The van der Waals surface area contributed by atoms with E-state index in [9.17, 15) is 4.79 Å². The molecule has 96 valence electrons. The van der Waals surface area contributed by atoms with Gasteiger partial charge in [-0.2, -0.15) is 0 Å². The third-order valence-corrected chi connectivity index (χ3v) is 4.17. The van der Waals surface area contributed by atoms with Crippen LogP contribution in [0.4, 0.5) is 5.13 Å². The third-order valence-electron chi connectivity index (χ3n) is 2.27. The van der Waals surface area contributed by atoms with Crippen molar-refractivity contribution in [1.82, 2.24) is 9.97 Å². The highest BCUT2D eigenvalue weighted by atomic mass is 32.1. The molecule has 0 bridgehead atoms. The number of thiazole rings is 2. The second kappa shape index (κ2) is 5.03. The van der Waals surface area contributed by atoms with Crippen LogP contribution >= 0.6 is 22.7 Å². The van der Waals surface area contributed by atoms with Crippen molar-refractivity contribution in [2.45, 2.75) is 25.8 Å². The lowest BCUT2D eigenvalue weighted by Crippen LogP contribution is -2.27. The first-order valence-electron chi connectivity index (χ1n) is 5.32. The van der Waals surface area contributed by atoms with Crippen LogP contribution in [0.1, 0.15) is 24.5 Å². The Hall–Kier alpha value is -1.47. The summed E-state index contributed by atoms with van der Waals surface area (Å²) in [6, 6.07) is 0. The number of anilines is 1. The van der Waals surface area contributed by atoms with Crippen LogP contribution in [0.5, 0.6) is 0 Å². The zero-order chi connectivity index (χ0) is 13.2. The lowest BCUT2D eigenvalue weighted by atomic mass is 10.1. The van der Waals surface area contributed by atoms with E-state index in [1.165, 1.54) is 11.3 Å². The van der Waals surface area contributed by atoms with Crippen LogP contribution in [0.2, 0.25) is 0 Å². The normalized spacial score (nSPS) is 11.4. The predicted octanol–water partition coefficient (Wildman–Crippen LogP) is 2.57. The number of nitrogens with zero attached hydrogens (tertiary/aromatic N) is 2. The maximum Gasteiger partial charge on any atom is 0.309 e. The first-order valence-corrected chi connectivity index (χ1v) is 7.07. The first kappa shape index (κ1) is 13.0. The van der Waals surface area contributed by atoms with Gasteiger partial charge in [0.05, 0.1) is 17.7 Å². The second-order valence-electron chi connectivity index (χ2n) is 4.30. The van der Waals surface area contributed by atoms with Crippen LogP contribution in [0.15, 0.2) is 17.0 Å². The van der Waals surface area contributed by atoms with Crippen molar-refractivity contribution in [3.05, 3.63) is 27.7 Å². The van der Waals surface area contributed by atoms with E-state index < -0.39 is 5.97 Å². The summed E-state index contributed by atoms with van der Waals surface area (Å²) >= 11 is 2.98. The van der Waals surface area contributed by atoms with Crippen LogP contribution in [-0.2, 0) is 16.8 Å². The summed E-state index contributed by atoms with van der Waals surface area (Å²) < 4.78 is 0. The number of carbonyl (C=O) groups is 1. The maximum atomic E-state index is 10.6. The van der Waals surface area contributed by atoms with Crippen molar-refractivity contribution in [3.8, 4) is 0 Å². The average molecular weight is 283 g/mol. The molecular weight excluding hydrogens is 270 g/mol. The van der Waals surface area contributed by atoms with Gasteiger partial charge in [0, 0.05) is 17.0 Å². The summed E-state index contributed by atoms with van der Waals surface area (Å²) in [7, 11) is 0. The molecule has 0 atom stereocenters. The van der Waals surface area contributed by atoms with Gasteiger partial charge in [-0.3, -0.25) is 4.79 Å². The zero-order valence-electron chi connectivity index (χ0n) is 10.0. The summed E-state index contributed by atoms with van der Waals surface area (Å²) in [5.74, 6) is -0.869. The molecule has 7 heteroatoms. The van der Waals surface area contributed by atoms with Gasteiger partial charge < -0.3 is 10.4 Å². The topological polar surface area (TPSA) is 75.1 Å². The predicted molar refractivity (Wildman–Crippen MR) is 72.2 cm³/mol. The van der Waals surface area contributed by atoms with Gasteiger partial charge in [-0.25, -0.2) is 9.97 Å². The van der Waals surface area contributed by atoms with E-state index in [0.717, 1.165) is 5.01 Å². The highest BCUT2D eigenvalue weighted by Crippen LogP contribution is 2.28. The number of aromatic nitrogens is 2. The molecule has 0 amide bonds. The Labute approximate surface area is 113 Å². The molecular formula is C11H13N3O2S2. The Balaban J connectivity index is 2.09. The van der Waals surface area contributed by atoms with Gasteiger partial charge in [0.15, 0.2) is 5.13 Å². The van der Waals surface area contributed by atoms with E-state index in [1.807, 2.05) is 19.2 Å². The summed E-state index contributed by atoms with van der Waals surface area (Å²) in [6.45, 7) is 4.04. The van der Waals surface area contributed by atoms with Crippen LogP contribution in [0, 0.1) is 0 Å². The molecule has 18 heavy (non-hydrogen) atoms. The second-order valence-corrected chi connectivity index (χ2v) is 6.05. The molecule has 0 saturated carbocycles. The SMILES string of the molecule is CC(C)(Nc1nc(CC(=O)O)cs1)c1nccs1. The zero-order valence-corrected chi connectivity index (χ0v) is 11.6. The van der Waals surface area contributed by atoms with E-state index in [2.05, 4.69) is 15.3 Å². The monoisotopic (exact) mass is 283 g/mol. The number of carboxylic acids is 1. The van der Waals surface area contributed by atoms with Crippen molar-refractivity contribution < 1.29 is 9.90 Å². The number of hydrogen-bond acceptors (Lipinski definition) is 6. The van der Waals surface area contributed by atoms with Crippen molar-refractivity contribution in [2.75, 3.05) is 5.32 Å². The molecule has 2 aromatic heterocycles. The van der Waals surface area contributed by atoms with E-state index in [-0.39, 0.29) is 12.0 Å². The Morgan fingerprint density at radius 1 is 1.50 bits per heavy atom. The van der Waals surface area contributed by atoms with Gasteiger partial charge in [-0.05, 0) is 13.8 Å². The van der Waals surface area contributed by atoms with Gasteiger partial charge in [-0.1, -0.05) is 0 Å². The molecule has 2 rings (SSSR count). The number of rotatable bonds is 5.